The molecule has 1 aromatic rings. The lowest BCUT2D eigenvalue weighted by atomic mass is 10.1. The Kier molecular flexibility index (Phi) is 5.70. The van der Waals surface area contributed by atoms with Crippen molar-refractivity contribution in [3.63, 3.8) is 0 Å². The second-order valence-corrected chi connectivity index (χ2v) is 4.86. The molecule has 4 heteroatoms. The Labute approximate surface area is 114 Å². The van der Waals surface area contributed by atoms with Gasteiger partial charge in [-0.05, 0) is 5.92 Å². The molecule has 1 rings (SSSR count). The third-order valence-electron chi connectivity index (χ3n) is 2.93. The van der Waals surface area contributed by atoms with Gasteiger partial charge in [0.15, 0.2) is 5.78 Å². The van der Waals surface area contributed by atoms with E-state index in [1.165, 1.54) is 11.8 Å². The highest BCUT2D eigenvalue weighted by Crippen LogP contribution is 2.12. The van der Waals surface area contributed by atoms with E-state index < -0.39 is 0 Å². The quantitative estimate of drug-likeness (QED) is 0.584. The lowest BCUT2D eigenvalue weighted by molar-refractivity contribution is -0.144. The Morgan fingerprint density at radius 1 is 1.21 bits per heavy atom. The number of carbonyl (C=O) groups excluding carboxylic acids is 2. The minimum absolute atomic E-state index is 0.0233. The Balaban J connectivity index is 2.62. The number of benzene rings is 1. The molecule has 0 aliphatic carbocycles. The Bertz CT molecular complexity index is 428. The predicted molar refractivity (Wildman–Crippen MR) is 73.8 cm³/mol. The first-order valence-corrected chi connectivity index (χ1v) is 6.36. The molecule has 0 aliphatic heterocycles. The second kappa shape index (κ2) is 7.04. The number of carbonyl (C=O) groups is 2. The van der Waals surface area contributed by atoms with Gasteiger partial charge in [-0.2, -0.15) is 0 Å². The molecule has 0 aromatic heterocycles. The highest BCUT2D eigenvalue weighted by Gasteiger charge is 2.22. The van der Waals surface area contributed by atoms with Crippen molar-refractivity contribution < 1.29 is 14.3 Å². The summed E-state index contributed by atoms with van der Waals surface area (Å²) >= 11 is 0. The zero-order valence-electron chi connectivity index (χ0n) is 11.9. The van der Waals surface area contributed by atoms with Gasteiger partial charge < -0.3 is 9.64 Å². The van der Waals surface area contributed by atoms with Crippen molar-refractivity contribution in [1.29, 1.82) is 0 Å². The molecule has 0 bridgehead atoms. The van der Waals surface area contributed by atoms with E-state index in [1.807, 2.05) is 32.0 Å². The van der Waals surface area contributed by atoms with E-state index in [9.17, 15) is 9.59 Å². The maximum Gasteiger partial charge on any atom is 0.221 e. The molecule has 1 unspecified atom stereocenters. The lowest BCUT2D eigenvalue weighted by Gasteiger charge is -2.30. The number of ether oxygens (including phenoxy) is 1. The van der Waals surface area contributed by atoms with Crippen molar-refractivity contribution in [1.82, 2.24) is 4.90 Å². The Morgan fingerprint density at radius 2 is 1.79 bits per heavy atom. The highest BCUT2D eigenvalue weighted by molar-refractivity contribution is 5.97. The molecule has 104 valence electrons. The summed E-state index contributed by atoms with van der Waals surface area (Å²) in [5, 5.41) is 0. The SMILES string of the molecule is CC(=O)N(C)C(OCC(=O)c1ccccc1)C(C)C. The molecule has 0 fully saturated rings. The van der Waals surface area contributed by atoms with Crippen LogP contribution < -0.4 is 0 Å². The minimum atomic E-state index is -0.384. The topological polar surface area (TPSA) is 46.6 Å². The van der Waals surface area contributed by atoms with Gasteiger partial charge in [0.25, 0.3) is 0 Å². The fourth-order valence-corrected chi connectivity index (χ4v) is 1.80. The number of nitrogens with zero attached hydrogens (tertiary/aromatic N) is 1. The van der Waals surface area contributed by atoms with Crippen LogP contribution in [0.5, 0.6) is 0 Å². The normalized spacial score (nSPS) is 12.3. The van der Waals surface area contributed by atoms with Crippen molar-refractivity contribution in [2.45, 2.75) is 27.0 Å². The Hall–Kier alpha value is -1.68. The number of hydrogen-bond donors (Lipinski definition) is 0. The first-order valence-electron chi connectivity index (χ1n) is 6.36. The maximum atomic E-state index is 11.9. The van der Waals surface area contributed by atoms with Crippen LogP contribution in [0.25, 0.3) is 0 Å². The Morgan fingerprint density at radius 3 is 2.26 bits per heavy atom. The molecule has 0 spiro atoms. The van der Waals surface area contributed by atoms with E-state index in [1.54, 1.807) is 19.2 Å². The average molecular weight is 263 g/mol. The largest absolute Gasteiger partial charge is 0.350 e. The number of Topliss-reactive ketones (excluding diaryl/α,β-unsaturated/α-hetero) is 1. The zero-order chi connectivity index (χ0) is 14.4. The van der Waals surface area contributed by atoms with Crippen LogP contribution in [0, 0.1) is 5.92 Å². The van der Waals surface area contributed by atoms with E-state index in [0.717, 1.165) is 0 Å². The molecule has 1 amide bonds. The van der Waals surface area contributed by atoms with E-state index >= 15 is 0 Å². The molecule has 0 radical (unpaired) electrons. The number of rotatable bonds is 6. The standard InChI is InChI=1S/C15H21NO3/c1-11(2)15(16(4)12(3)17)19-10-14(18)13-8-6-5-7-9-13/h5-9,11,15H,10H2,1-4H3. The number of hydrogen-bond acceptors (Lipinski definition) is 3. The van der Waals surface area contributed by atoms with Gasteiger partial charge in [0.2, 0.25) is 5.91 Å². The summed E-state index contributed by atoms with van der Waals surface area (Å²) in [4.78, 5) is 24.8. The summed E-state index contributed by atoms with van der Waals surface area (Å²) in [7, 11) is 1.68. The van der Waals surface area contributed by atoms with Gasteiger partial charge in [-0.1, -0.05) is 44.2 Å². The van der Waals surface area contributed by atoms with Gasteiger partial charge in [0.05, 0.1) is 0 Å². The molecule has 19 heavy (non-hydrogen) atoms. The summed E-state index contributed by atoms with van der Waals surface area (Å²) in [6, 6.07) is 9.00. The maximum absolute atomic E-state index is 11.9. The van der Waals surface area contributed by atoms with Gasteiger partial charge in [-0.15, -0.1) is 0 Å². The molecule has 4 nitrogen and oxygen atoms in total. The van der Waals surface area contributed by atoms with Crippen LogP contribution in [0.15, 0.2) is 30.3 Å². The summed E-state index contributed by atoms with van der Waals surface area (Å²) in [5.41, 5.74) is 0.621. The van der Waals surface area contributed by atoms with E-state index in [2.05, 4.69) is 0 Å². The lowest BCUT2D eigenvalue weighted by Crippen LogP contribution is -2.42. The summed E-state index contributed by atoms with van der Waals surface area (Å²) in [5.74, 6) is -0.0356. The minimum Gasteiger partial charge on any atom is -0.350 e. The summed E-state index contributed by atoms with van der Waals surface area (Å²) < 4.78 is 5.60. The first kappa shape index (κ1) is 15.4. The van der Waals surface area contributed by atoms with Crippen LogP contribution >= 0.6 is 0 Å². The smallest absolute Gasteiger partial charge is 0.221 e. The highest BCUT2D eigenvalue weighted by atomic mass is 16.5. The van der Waals surface area contributed by atoms with E-state index in [4.69, 9.17) is 4.74 Å². The third-order valence-corrected chi connectivity index (χ3v) is 2.93. The molecule has 0 saturated carbocycles. The van der Waals surface area contributed by atoms with Crippen molar-refractivity contribution in [3.05, 3.63) is 35.9 Å². The van der Waals surface area contributed by atoms with Crippen LogP contribution in [0.4, 0.5) is 0 Å². The molecule has 1 atom stereocenters. The van der Waals surface area contributed by atoms with Crippen LogP contribution in [0.2, 0.25) is 0 Å². The van der Waals surface area contributed by atoms with Crippen LogP contribution in [-0.4, -0.2) is 36.5 Å². The van der Waals surface area contributed by atoms with Gasteiger partial charge in [0.1, 0.15) is 12.8 Å². The summed E-state index contributed by atoms with van der Waals surface area (Å²) in [6.45, 7) is 5.37. The fraction of sp³-hybridized carbons (Fsp3) is 0.467. The molecular weight excluding hydrogens is 242 g/mol. The molecule has 0 saturated heterocycles. The first-order chi connectivity index (χ1) is 8.93. The van der Waals surface area contributed by atoms with Gasteiger partial charge in [-0.25, -0.2) is 0 Å². The predicted octanol–water partition coefficient (Wildman–Crippen LogP) is 2.35. The molecule has 0 N–H and O–H groups in total. The van der Waals surface area contributed by atoms with Gasteiger partial charge >= 0.3 is 0 Å². The van der Waals surface area contributed by atoms with Crippen molar-refractivity contribution >= 4 is 11.7 Å². The monoisotopic (exact) mass is 263 g/mol. The number of ketones is 1. The molecular formula is C15H21NO3. The fourth-order valence-electron chi connectivity index (χ4n) is 1.80. The van der Waals surface area contributed by atoms with Crippen molar-refractivity contribution in [3.8, 4) is 0 Å². The van der Waals surface area contributed by atoms with E-state index in [-0.39, 0.29) is 30.4 Å². The van der Waals surface area contributed by atoms with Crippen molar-refractivity contribution in [2.75, 3.05) is 13.7 Å². The van der Waals surface area contributed by atoms with Gasteiger partial charge in [-0.3, -0.25) is 9.59 Å². The van der Waals surface area contributed by atoms with Crippen LogP contribution in [0.3, 0.4) is 0 Å². The van der Waals surface area contributed by atoms with Crippen LogP contribution in [-0.2, 0) is 9.53 Å². The van der Waals surface area contributed by atoms with E-state index in [0.29, 0.717) is 5.56 Å². The number of amides is 1. The summed E-state index contributed by atoms with van der Waals surface area (Å²) in [6.07, 6.45) is -0.384. The second-order valence-electron chi connectivity index (χ2n) is 4.86. The molecule has 0 aliphatic rings. The average Bonchev–Trinajstić information content (AvgIpc) is 2.39. The van der Waals surface area contributed by atoms with Crippen LogP contribution in [0.1, 0.15) is 31.1 Å². The zero-order valence-corrected chi connectivity index (χ0v) is 11.9. The molecule has 0 heterocycles. The van der Waals surface area contributed by atoms with Crippen molar-refractivity contribution in [2.24, 2.45) is 5.92 Å². The molecule has 1 aromatic carbocycles. The van der Waals surface area contributed by atoms with Gasteiger partial charge in [0, 0.05) is 19.5 Å². The third kappa shape index (κ3) is 4.48.